The second kappa shape index (κ2) is 5.08. The fraction of sp³-hybridized carbons (Fsp3) is 0.385. The van der Waals surface area contributed by atoms with Crippen LogP contribution in [0, 0.1) is 0 Å². The molecule has 5 nitrogen and oxygen atoms in total. The summed E-state index contributed by atoms with van der Waals surface area (Å²) in [5.41, 5.74) is 0.813. The number of carbonyl (C=O) groups excluding carboxylic acids is 2. The van der Waals surface area contributed by atoms with Crippen molar-refractivity contribution in [2.75, 3.05) is 6.54 Å². The Morgan fingerprint density at radius 3 is 2.89 bits per heavy atom. The summed E-state index contributed by atoms with van der Waals surface area (Å²) in [5.74, 6) is -0.0458. The molecule has 0 saturated carbocycles. The Balaban J connectivity index is 2.12. The zero-order valence-electron chi connectivity index (χ0n) is 10.2. The Morgan fingerprint density at radius 2 is 2.22 bits per heavy atom. The molecule has 1 atom stereocenters. The second-order valence-corrected chi connectivity index (χ2v) is 4.39. The smallest absolute Gasteiger partial charge is 0.245 e. The lowest BCUT2D eigenvalue weighted by Crippen LogP contribution is -2.57. The highest BCUT2D eigenvalue weighted by Crippen LogP contribution is 2.15. The van der Waals surface area contributed by atoms with Crippen molar-refractivity contribution in [2.45, 2.75) is 25.9 Å². The predicted molar refractivity (Wildman–Crippen MR) is 65.7 cm³/mol. The number of hydrogen-bond donors (Lipinski definition) is 2. The molecule has 5 heteroatoms. The minimum atomic E-state index is -0.427. The highest BCUT2D eigenvalue weighted by atomic mass is 16.3. The molecule has 1 fully saturated rings. The first-order chi connectivity index (χ1) is 8.60. The number of benzene rings is 1. The Bertz CT molecular complexity index is 473. The molecule has 1 aliphatic heterocycles. The first-order valence-electron chi connectivity index (χ1n) is 5.96. The maximum Gasteiger partial charge on any atom is 0.245 e. The molecule has 1 aromatic rings. The van der Waals surface area contributed by atoms with Crippen LogP contribution in [0.1, 0.15) is 18.9 Å². The average molecular weight is 248 g/mol. The van der Waals surface area contributed by atoms with Gasteiger partial charge in [0.2, 0.25) is 11.8 Å². The van der Waals surface area contributed by atoms with Gasteiger partial charge in [-0.05, 0) is 24.1 Å². The third-order valence-electron chi connectivity index (χ3n) is 2.97. The lowest BCUT2D eigenvalue weighted by Gasteiger charge is -2.32. The van der Waals surface area contributed by atoms with E-state index in [0.717, 1.165) is 5.56 Å². The van der Waals surface area contributed by atoms with Crippen LogP contribution in [0.4, 0.5) is 0 Å². The van der Waals surface area contributed by atoms with Gasteiger partial charge < -0.3 is 15.3 Å². The van der Waals surface area contributed by atoms with Crippen molar-refractivity contribution in [3.63, 3.8) is 0 Å². The monoisotopic (exact) mass is 248 g/mol. The number of nitrogens with one attached hydrogen (secondary N) is 1. The molecule has 18 heavy (non-hydrogen) atoms. The Morgan fingerprint density at radius 1 is 1.44 bits per heavy atom. The van der Waals surface area contributed by atoms with E-state index in [4.69, 9.17) is 0 Å². The summed E-state index contributed by atoms with van der Waals surface area (Å²) in [6.07, 6.45) is 0.584. The molecule has 2 rings (SSSR count). The van der Waals surface area contributed by atoms with Crippen LogP contribution in [-0.4, -0.2) is 34.4 Å². The van der Waals surface area contributed by atoms with Crippen LogP contribution < -0.4 is 5.32 Å². The normalized spacial score (nSPS) is 19.8. The summed E-state index contributed by atoms with van der Waals surface area (Å²) < 4.78 is 0. The number of hydrogen-bond acceptors (Lipinski definition) is 3. The minimum absolute atomic E-state index is 0.0690. The van der Waals surface area contributed by atoms with Gasteiger partial charge >= 0.3 is 0 Å². The molecule has 0 aliphatic carbocycles. The minimum Gasteiger partial charge on any atom is -0.508 e. The second-order valence-electron chi connectivity index (χ2n) is 4.39. The quantitative estimate of drug-likeness (QED) is 0.824. The van der Waals surface area contributed by atoms with Crippen LogP contribution in [0.5, 0.6) is 5.75 Å². The molecule has 0 radical (unpaired) electrons. The van der Waals surface area contributed by atoms with E-state index < -0.39 is 6.04 Å². The van der Waals surface area contributed by atoms with E-state index in [1.807, 2.05) is 13.0 Å². The molecule has 0 aromatic heterocycles. The number of phenols is 1. The Kier molecular flexibility index (Phi) is 3.50. The molecule has 1 heterocycles. The summed E-state index contributed by atoms with van der Waals surface area (Å²) >= 11 is 0. The maximum absolute atomic E-state index is 12.0. The first kappa shape index (κ1) is 12.4. The van der Waals surface area contributed by atoms with E-state index in [9.17, 15) is 14.7 Å². The zero-order valence-corrected chi connectivity index (χ0v) is 10.2. The van der Waals surface area contributed by atoms with Crippen molar-refractivity contribution >= 4 is 11.8 Å². The molecule has 0 spiro atoms. The first-order valence-corrected chi connectivity index (χ1v) is 5.96. The SMILES string of the molecule is CCC1NC(=O)CN(Cc2cccc(O)c2)C1=O. The van der Waals surface area contributed by atoms with E-state index in [-0.39, 0.29) is 24.1 Å². The van der Waals surface area contributed by atoms with Gasteiger partial charge in [0.1, 0.15) is 11.8 Å². The lowest BCUT2D eigenvalue weighted by atomic mass is 10.1. The van der Waals surface area contributed by atoms with E-state index in [2.05, 4.69) is 5.32 Å². The van der Waals surface area contributed by atoms with Gasteiger partial charge in [-0.15, -0.1) is 0 Å². The number of amides is 2. The maximum atomic E-state index is 12.0. The van der Waals surface area contributed by atoms with Crippen LogP contribution in [0.2, 0.25) is 0 Å². The van der Waals surface area contributed by atoms with E-state index in [0.29, 0.717) is 13.0 Å². The largest absolute Gasteiger partial charge is 0.508 e. The van der Waals surface area contributed by atoms with Crippen molar-refractivity contribution in [2.24, 2.45) is 0 Å². The van der Waals surface area contributed by atoms with Gasteiger partial charge in [-0.25, -0.2) is 0 Å². The fourth-order valence-electron chi connectivity index (χ4n) is 2.06. The van der Waals surface area contributed by atoms with Gasteiger partial charge in [-0.3, -0.25) is 9.59 Å². The third-order valence-corrected chi connectivity index (χ3v) is 2.97. The standard InChI is InChI=1S/C13H16N2O3/c1-2-11-13(18)15(8-12(17)14-11)7-9-4-3-5-10(16)6-9/h3-6,11,16H,2,7-8H2,1H3,(H,14,17). The summed E-state index contributed by atoms with van der Waals surface area (Å²) in [7, 11) is 0. The number of phenolic OH excluding ortho intramolecular Hbond substituents is 1. The highest BCUT2D eigenvalue weighted by molar-refractivity contribution is 5.94. The molecule has 96 valence electrons. The molecule has 1 aliphatic rings. The summed E-state index contributed by atoms with van der Waals surface area (Å²) in [6.45, 7) is 2.28. The van der Waals surface area contributed by atoms with Crippen LogP contribution >= 0.6 is 0 Å². The Labute approximate surface area is 105 Å². The van der Waals surface area contributed by atoms with Gasteiger partial charge in [0, 0.05) is 6.54 Å². The number of nitrogens with zero attached hydrogens (tertiary/aromatic N) is 1. The molecule has 2 N–H and O–H groups in total. The average Bonchev–Trinajstić information content (AvgIpc) is 2.33. The summed E-state index contributed by atoms with van der Waals surface area (Å²) in [4.78, 5) is 25.0. The van der Waals surface area contributed by atoms with Gasteiger partial charge in [-0.2, -0.15) is 0 Å². The molecule has 1 saturated heterocycles. The van der Waals surface area contributed by atoms with Crippen molar-refractivity contribution in [1.29, 1.82) is 0 Å². The number of aromatic hydroxyl groups is 1. The lowest BCUT2D eigenvalue weighted by molar-refractivity contribution is -0.144. The van der Waals surface area contributed by atoms with E-state index >= 15 is 0 Å². The van der Waals surface area contributed by atoms with E-state index in [1.165, 1.54) is 4.90 Å². The summed E-state index contributed by atoms with van der Waals surface area (Å²) in [5, 5.41) is 12.0. The number of piperazine rings is 1. The van der Waals surface area contributed by atoms with Crippen LogP contribution in [0.15, 0.2) is 24.3 Å². The van der Waals surface area contributed by atoms with Gasteiger partial charge in [0.05, 0.1) is 6.54 Å². The zero-order chi connectivity index (χ0) is 13.1. The molecule has 1 unspecified atom stereocenters. The van der Waals surface area contributed by atoms with Gasteiger partial charge in [0.25, 0.3) is 0 Å². The third kappa shape index (κ3) is 2.61. The molecule has 1 aromatic carbocycles. The highest BCUT2D eigenvalue weighted by Gasteiger charge is 2.31. The van der Waals surface area contributed by atoms with Crippen LogP contribution in [-0.2, 0) is 16.1 Å². The number of rotatable bonds is 3. The molecule has 2 amide bonds. The van der Waals surface area contributed by atoms with Crippen molar-refractivity contribution < 1.29 is 14.7 Å². The topological polar surface area (TPSA) is 69.6 Å². The fourth-order valence-corrected chi connectivity index (χ4v) is 2.06. The van der Waals surface area contributed by atoms with Gasteiger partial charge in [-0.1, -0.05) is 19.1 Å². The summed E-state index contributed by atoms with van der Waals surface area (Å²) in [6, 6.07) is 6.28. The van der Waals surface area contributed by atoms with Gasteiger partial charge in [0.15, 0.2) is 0 Å². The Hall–Kier alpha value is -2.04. The van der Waals surface area contributed by atoms with Crippen LogP contribution in [0.25, 0.3) is 0 Å². The van der Waals surface area contributed by atoms with Crippen molar-refractivity contribution in [1.82, 2.24) is 10.2 Å². The predicted octanol–water partition coefficient (Wildman–Crippen LogP) is 0.629. The van der Waals surface area contributed by atoms with Crippen molar-refractivity contribution in [3.8, 4) is 5.75 Å². The molecule has 0 bridgehead atoms. The number of carbonyl (C=O) groups is 2. The molecular weight excluding hydrogens is 232 g/mol. The molecular formula is C13H16N2O3. The van der Waals surface area contributed by atoms with Crippen molar-refractivity contribution in [3.05, 3.63) is 29.8 Å². The van der Waals surface area contributed by atoms with Crippen LogP contribution in [0.3, 0.4) is 0 Å². The van der Waals surface area contributed by atoms with E-state index in [1.54, 1.807) is 18.2 Å².